The van der Waals surface area contributed by atoms with Crippen LogP contribution in [0.3, 0.4) is 0 Å². The van der Waals surface area contributed by atoms with E-state index in [0.29, 0.717) is 55.2 Å². The van der Waals surface area contributed by atoms with E-state index >= 15 is 0 Å². The molecule has 1 aliphatic rings. The molecule has 0 bridgehead atoms. The summed E-state index contributed by atoms with van der Waals surface area (Å²) in [6, 6.07) is 9.10. The smallest absolute Gasteiger partial charge is 0.227 e. The fraction of sp³-hybridized carbons (Fsp3) is 0.250. The zero-order valence-corrected chi connectivity index (χ0v) is 18.1. The largest absolute Gasteiger partial charge is 0.454 e. The van der Waals surface area contributed by atoms with Crippen LogP contribution in [0.5, 0.6) is 11.5 Å². The Bertz CT molecular complexity index is 1220. The average Bonchev–Trinajstić information content (AvgIpc) is 2.76. The third kappa shape index (κ3) is 5.21. The monoisotopic (exact) mass is 459 g/mol. The van der Waals surface area contributed by atoms with Crippen LogP contribution in [0.4, 0.5) is 27.7 Å². The maximum Gasteiger partial charge on any atom is 0.227 e. The van der Waals surface area contributed by atoms with Crippen molar-refractivity contribution in [2.24, 2.45) is 0 Å². The summed E-state index contributed by atoms with van der Waals surface area (Å²) in [5, 5.41) is 3.08. The van der Waals surface area contributed by atoms with Crippen LogP contribution in [-0.4, -0.2) is 60.1 Å². The number of nitrogen functional groups attached to an aromatic ring is 1. The van der Waals surface area contributed by atoms with Gasteiger partial charge in [-0.3, -0.25) is 0 Å². The molecule has 12 heteroatoms. The molecule has 10 nitrogen and oxygen atoms in total. The van der Waals surface area contributed by atoms with Gasteiger partial charge in [0.25, 0.3) is 0 Å². The average molecular weight is 460 g/mol. The molecule has 1 aromatic carbocycles. The first-order valence-electron chi connectivity index (χ1n) is 9.77. The van der Waals surface area contributed by atoms with Crippen molar-refractivity contribution in [3.8, 4) is 11.5 Å². The number of aromatic nitrogens is 3. The van der Waals surface area contributed by atoms with Crippen LogP contribution in [0.25, 0.3) is 0 Å². The van der Waals surface area contributed by atoms with Crippen molar-refractivity contribution in [1.82, 2.24) is 19.3 Å². The predicted molar refractivity (Wildman–Crippen MR) is 119 cm³/mol. The Morgan fingerprint density at radius 3 is 2.50 bits per heavy atom. The van der Waals surface area contributed by atoms with Crippen LogP contribution < -0.4 is 20.7 Å². The number of nitrogens with two attached hydrogens (primary N) is 1. The summed E-state index contributed by atoms with van der Waals surface area (Å²) in [5.74, 6) is 1.31. The van der Waals surface area contributed by atoms with Crippen LogP contribution in [-0.2, 0) is 10.0 Å². The molecule has 2 aromatic heterocycles. The maximum atomic E-state index is 14.0. The summed E-state index contributed by atoms with van der Waals surface area (Å²) < 4.78 is 44.4. The summed E-state index contributed by atoms with van der Waals surface area (Å²) in [7, 11) is -3.21. The van der Waals surface area contributed by atoms with E-state index in [1.807, 2.05) is 4.90 Å². The summed E-state index contributed by atoms with van der Waals surface area (Å²) in [6.45, 7) is 1.74. The van der Waals surface area contributed by atoms with Gasteiger partial charge in [0.2, 0.25) is 16.0 Å². The number of rotatable bonds is 6. The first-order chi connectivity index (χ1) is 15.3. The standard InChI is InChI=1S/C20H22FN7O3S/c1-32(29,30)28-10-8-27(9-11-28)20-24-7-5-18(26-20)25-19-13-15(4-6-23-19)31-17-3-2-14(22)12-16(17)21/h2-7,12-13H,8-11,22H2,1H3,(H,23,24,25,26). The SMILES string of the molecule is CS(=O)(=O)N1CCN(c2nccc(Nc3cc(Oc4ccc(N)cc4F)ccn3)n2)CC1. The highest BCUT2D eigenvalue weighted by Crippen LogP contribution is 2.27. The molecule has 0 saturated carbocycles. The highest BCUT2D eigenvalue weighted by molar-refractivity contribution is 7.88. The van der Waals surface area contributed by atoms with Gasteiger partial charge in [-0.05, 0) is 24.3 Å². The van der Waals surface area contributed by atoms with Gasteiger partial charge in [-0.1, -0.05) is 0 Å². The lowest BCUT2D eigenvalue weighted by Gasteiger charge is -2.33. The van der Waals surface area contributed by atoms with Crippen molar-refractivity contribution in [2.75, 3.05) is 48.4 Å². The number of hydrogen-bond donors (Lipinski definition) is 2. The van der Waals surface area contributed by atoms with E-state index in [1.54, 1.807) is 30.5 Å². The third-order valence-electron chi connectivity index (χ3n) is 4.80. The number of benzene rings is 1. The predicted octanol–water partition coefficient (Wildman–Crippen LogP) is 2.21. The van der Waals surface area contributed by atoms with Crippen molar-refractivity contribution >= 4 is 33.3 Å². The van der Waals surface area contributed by atoms with E-state index < -0.39 is 15.8 Å². The van der Waals surface area contributed by atoms with Crippen molar-refractivity contribution in [3.05, 3.63) is 54.6 Å². The Labute approximate surface area is 184 Å². The fourth-order valence-electron chi connectivity index (χ4n) is 3.19. The highest BCUT2D eigenvalue weighted by Gasteiger charge is 2.24. The van der Waals surface area contributed by atoms with Crippen LogP contribution in [0, 0.1) is 5.82 Å². The van der Waals surface area contributed by atoms with E-state index in [1.165, 1.54) is 28.9 Å². The topological polar surface area (TPSA) is 127 Å². The Kier molecular flexibility index (Phi) is 6.06. The first kappa shape index (κ1) is 21.7. The highest BCUT2D eigenvalue weighted by atomic mass is 32.2. The third-order valence-corrected chi connectivity index (χ3v) is 6.11. The maximum absolute atomic E-state index is 14.0. The molecule has 1 aliphatic heterocycles. The van der Waals surface area contributed by atoms with Gasteiger partial charge in [0.1, 0.15) is 17.4 Å². The van der Waals surface area contributed by atoms with Crippen LogP contribution >= 0.6 is 0 Å². The van der Waals surface area contributed by atoms with Gasteiger partial charge in [0.15, 0.2) is 11.6 Å². The van der Waals surface area contributed by atoms with Crippen molar-refractivity contribution in [3.63, 3.8) is 0 Å². The molecular formula is C20H22FN7O3S. The lowest BCUT2D eigenvalue weighted by Crippen LogP contribution is -2.48. The molecule has 1 saturated heterocycles. The van der Waals surface area contributed by atoms with E-state index in [9.17, 15) is 12.8 Å². The molecule has 1 fully saturated rings. The molecule has 0 unspecified atom stereocenters. The molecule has 0 radical (unpaired) electrons. The molecule has 3 heterocycles. The van der Waals surface area contributed by atoms with Crippen molar-refractivity contribution < 1.29 is 17.5 Å². The number of hydrogen-bond acceptors (Lipinski definition) is 9. The fourth-order valence-corrected chi connectivity index (χ4v) is 4.02. The van der Waals surface area contributed by atoms with Gasteiger partial charge >= 0.3 is 0 Å². The summed E-state index contributed by atoms with van der Waals surface area (Å²) in [6.07, 6.45) is 4.34. The lowest BCUT2D eigenvalue weighted by atomic mass is 10.3. The Hall–Kier alpha value is -3.51. The molecule has 0 spiro atoms. The zero-order chi connectivity index (χ0) is 22.7. The number of ether oxygens (including phenoxy) is 1. The van der Waals surface area contributed by atoms with Gasteiger partial charge < -0.3 is 20.7 Å². The van der Waals surface area contributed by atoms with Gasteiger partial charge in [-0.15, -0.1) is 0 Å². The molecule has 3 N–H and O–H groups in total. The summed E-state index contributed by atoms with van der Waals surface area (Å²) >= 11 is 0. The Balaban J connectivity index is 1.44. The number of nitrogens with one attached hydrogen (secondary N) is 1. The minimum atomic E-state index is -3.21. The van der Waals surface area contributed by atoms with Gasteiger partial charge in [0.05, 0.1) is 6.26 Å². The minimum absolute atomic E-state index is 0.0499. The van der Waals surface area contributed by atoms with Crippen molar-refractivity contribution in [2.45, 2.75) is 0 Å². The molecule has 0 amide bonds. The van der Waals surface area contributed by atoms with E-state index in [0.717, 1.165) is 0 Å². The lowest BCUT2D eigenvalue weighted by molar-refractivity contribution is 0.385. The van der Waals surface area contributed by atoms with Gasteiger partial charge in [0, 0.05) is 56.4 Å². The van der Waals surface area contributed by atoms with E-state index in [-0.39, 0.29) is 5.75 Å². The van der Waals surface area contributed by atoms with E-state index in [2.05, 4.69) is 20.3 Å². The van der Waals surface area contributed by atoms with Crippen LogP contribution in [0.15, 0.2) is 48.8 Å². The molecule has 32 heavy (non-hydrogen) atoms. The Morgan fingerprint density at radius 2 is 1.78 bits per heavy atom. The van der Waals surface area contributed by atoms with Crippen LogP contribution in [0.1, 0.15) is 0 Å². The number of piperazine rings is 1. The Morgan fingerprint density at radius 1 is 1.03 bits per heavy atom. The van der Waals surface area contributed by atoms with Crippen LogP contribution in [0.2, 0.25) is 0 Å². The van der Waals surface area contributed by atoms with E-state index in [4.69, 9.17) is 10.5 Å². The molecule has 0 atom stereocenters. The second kappa shape index (κ2) is 8.93. The number of anilines is 4. The van der Waals surface area contributed by atoms with Crippen molar-refractivity contribution in [1.29, 1.82) is 0 Å². The van der Waals surface area contributed by atoms with Gasteiger partial charge in [-0.2, -0.15) is 9.29 Å². The molecule has 168 valence electrons. The molecular weight excluding hydrogens is 437 g/mol. The second-order valence-electron chi connectivity index (χ2n) is 7.18. The number of sulfonamides is 1. The number of pyridine rings is 1. The zero-order valence-electron chi connectivity index (χ0n) is 17.3. The molecule has 3 aromatic rings. The molecule has 0 aliphatic carbocycles. The summed E-state index contributed by atoms with van der Waals surface area (Å²) in [4.78, 5) is 14.9. The number of halogens is 1. The summed E-state index contributed by atoms with van der Waals surface area (Å²) in [5.41, 5.74) is 5.87. The minimum Gasteiger partial charge on any atom is -0.454 e. The number of nitrogens with zero attached hydrogens (tertiary/aromatic N) is 5. The first-order valence-corrected chi connectivity index (χ1v) is 11.6. The second-order valence-corrected chi connectivity index (χ2v) is 9.17. The normalized spacial score (nSPS) is 14.9. The van der Waals surface area contributed by atoms with Gasteiger partial charge in [-0.25, -0.2) is 22.8 Å². The molecule has 4 rings (SSSR count). The quantitative estimate of drug-likeness (QED) is 0.533.